The van der Waals surface area contributed by atoms with Crippen molar-refractivity contribution in [3.8, 4) is 0 Å². The highest BCUT2D eigenvalue weighted by atomic mass is 14.0. The van der Waals surface area contributed by atoms with Gasteiger partial charge in [0.2, 0.25) is 0 Å². The summed E-state index contributed by atoms with van der Waals surface area (Å²) in [6.07, 6.45) is 0. The third kappa shape index (κ3) is 1.01. The van der Waals surface area contributed by atoms with E-state index in [1.165, 1.54) is 0 Å². The summed E-state index contributed by atoms with van der Waals surface area (Å²) in [4.78, 5) is 0. The molecule has 0 fully saturated rings. The molecule has 0 N–H and O–H groups in total. The normalized spacial score (nSPS) is 19.9. The van der Waals surface area contributed by atoms with E-state index in [2.05, 4.69) is 6.07 Å². The van der Waals surface area contributed by atoms with Gasteiger partial charge in [0.25, 0.3) is 0 Å². The highest BCUT2D eigenvalue weighted by Gasteiger charge is 1.97. The highest BCUT2D eigenvalue weighted by Crippen LogP contribution is 2.23. The number of hydrogen-bond acceptors (Lipinski definition) is 0. The van der Waals surface area contributed by atoms with E-state index in [4.69, 9.17) is 12.3 Å². The summed E-state index contributed by atoms with van der Waals surface area (Å²) in [5, 5.41) is -0.289. The van der Waals surface area contributed by atoms with Crippen molar-refractivity contribution in [1.82, 2.24) is 0 Å². The van der Waals surface area contributed by atoms with E-state index in [0.29, 0.717) is 0 Å². The maximum absolute atomic E-state index is 8.06. The SMILES string of the molecule is [2H]c1c([2H])c([2H])c2c([c]c([2H])c3c([2H])c([2H])c([2H])c([2H])c32)c1[2H]. The minimum Gasteiger partial charge on any atom is -0.0616 e. The molecule has 14 heavy (non-hydrogen) atoms. The molecule has 0 bridgehead atoms. The molecule has 0 aliphatic carbocycles. The third-order valence-corrected chi connectivity index (χ3v) is 1.94. The Kier molecular flexibility index (Phi) is 0.576. The van der Waals surface area contributed by atoms with Crippen molar-refractivity contribution >= 4 is 21.5 Å². The standard InChI is InChI=1S/C14H9/c1-3-7-13-11(5-1)9-10-12-6-2-4-8-14(12)13/h1-9H/i1D,2D,3D,4D,5D,6D,7D,8D,9D. The molecule has 0 aromatic heterocycles. The van der Waals surface area contributed by atoms with Crippen molar-refractivity contribution in [3.63, 3.8) is 0 Å². The molecule has 0 amide bonds. The Bertz CT molecular complexity index is 1010. The predicted molar refractivity (Wildman–Crippen MR) is 60.3 cm³/mol. The Hall–Kier alpha value is -1.82. The molecule has 3 aromatic carbocycles. The van der Waals surface area contributed by atoms with Crippen molar-refractivity contribution < 1.29 is 12.3 Å². The monoisotopic (exact) mass is 186 g/mol. The zero-order chi connectivity index (χ0) is 17.2. The molecule has 0 aliphatic rings. The summed E-state index contributed by atoms with van der Waals surface area (Å²) in [5.41, 5.74) is 0. The maximum Gasteiger partial charge on any atom is 0.0636 e. The molecule has 0 nitrogen and oxygen atoms in total. The minimum atomic E-state index is -0.512. The first-order valence-corrected chi connectivity index (χ1v) is 4.00. The first-order chi connectivity index (χ1) is 10.7. The summed E-state index contributed by atoms with van der Waals surface area (Å²) in [5.74, 6) is 0. The van der Waals surface area contributed by atoms with Crippen LogP contribution in [0.15, 0.2) is 54.4 Å². The van der Waals surface area contributed by atoms with Gasteiger partial charge in [0, 0.05) is 0 Å². The van der Waals surface area contributed by atoms with Gasteiger partial charge in [-0.15, -0.1) is 0 Å². The molecule has 3 rings (SSSR count). The number of benzene rings is 3. The second-order valence-electron chi connectivity index (χ2n) is 2.75. The zero-order valence-electron chi connectivity index (χ0n) is 16.0. The van der Waals surface area contributed by atoms with Crippen LogP contribution in [0.1, 0.15) is 12.3 Å². The molecule has 0 heterocycles. The molecular weight excluding hydrogens is 168 g/mol. The largest absolute Gasteiger partial charge is 0.0636 e. The summed E-state index contributed by atoms with van der Waals surface area (Å²) >= 11 is 0. The fourth-order valence-corrected chi connectivity index (χ4v) is 1.31. The first-order valence-electron chi connectivity index (χ1n) is 8.50. The Morgan fingerprint density at radius 1 is 0.857 bits per heavy atom. The van der Waals surface area contributed by atoms with Gasteiger partial charge < -0.3 is 0 Å². The van der Waals surface area contributed by atoms with E-state index in [-0.39, 0.29) is 33.6 Å². The summed E-state index contributed by atoms with van der Waals surface area (Å²) in [7, 11) is 0. The van der Waals surface area contributed by atoms with E-state index in [0.717, 1.165) is 0 Å². The van der Waals surface area contributed by atoms with Crippen LogP contribution in [0.4, 0.5) is 0 Å². The lowest BCUT2D eigenvalue weighted by Crippen LogP contribution is -1.76. The molecule has 0 atom stereocenters. The van der Waals surface area contributed by atoms with Gasteiger partial charge in [-0.2, -0.15) is 0 Å². The topological polar surface area (TPSA) is 0 Å². The summed E-state index contributed by atoms with van der Waals surface area (Å²) < 4.78 is 70.9. The molecule has 0 heteroatoms. The van der Waals surface area contributed by atoms with Gasteiger partial charge >= 0.3 is 0 Å². The lowest BCUT2D eigenvalue weighted by Gasteiger charge is -2.01. The van der Waals surface area contributed by atoms with E-state index >= 15 is 0 Å². The van der Waals surface area contributed by atoms with Gasteiger partial charge in [-0.1, -0.05) is 48.3 Å². The van der Waals surface area contributed by atoms with Crippen LogP contribution >= 0.6 is 0 Å². The van der Waals surface area contributed by atoms with Crippen molar-refractivity contribution in [2.45, 2.75) is 0 Å². The van der Waals surface area contributed by atoms with Crippen LogP contribution in [0.3, 0.4) is 0 Å². The number of fused-ring (bicyclic) bond motifs is 3. The van der Waals surface area contributed by atoms with Crippen molar-refractivity contribution in [1.29, 1.82) is 0 Å². The predicted octanol–water partition coefficient (Wildman–Crippen LogP) is 3.79. The van der Waals surface area contributed by atoms with E-state index in [1.807, 2.05) is 0 Å². The van der Waals surface area contributed by atoms with Gasteiger partial charge in [-0.25, -0.2) is 0 Å². The maximum atomic E-state index is 8.06. The van der Waals surface area contributed by atoms with Crippen LogP contribution in [-0.2, 0) is 0 Å². The van der Waals surface area contributed by atoms with E-state index < -0.39 is 42.3 Å². The minimum absolute atomic E-state index is 0.0472. The van der Waals surface area contributed by atoms with Crippen molar-refractivity contribution in [2.75, 3.05) is 0 Å². The van der Waals surface area contributed by atoms with Crippen LogP contribution in [-0.4, -0.2) is 0 Å². The molecule has 0 saturated carbocycles. The summed E-state index contributed by atoms with van der Waals surface area (Å²) in [6.45, 7) is 0. The second-order valence-corrected chi connectivity index (χ2v) is 2.75. The molecule has 3 aromatic rings. The quantitative estimate of drug-likeness (QED) is 0.468. The van der Waals surface area contributed by atoms with Gasteiger partial charge in [0.05, 0.1) is 12.3 Å². The number of hydrogen-bond donors (Lipinski definition) is 0. The van der Waals surface area contributed by atoms with E-state index in [9.17, 15) is 0 Å². The van der Waals surface area contributed by atoms with Crippen molar-refractivity contribution in [2.24, 2.45) is 0 Å². The van der Waals surface area contributed by atoms with Gasteiger partial charge in [-0.05, 0) is 33.7 Å². The Morgan fingerprint density at radius 2 is 1.57 bits per heavy atom. The molecule has 0 saturated heterocycles. The van der Waals surface area contributed by atoms with Crippen LogP contribution < -0.4 is 0 Å². The van der Waals surface area contributed by atoms with E-state index in [1.54, 1.807) is 0 Å². The average Bonchev–Trinajstić information content (AvgIpc) is 2.53. The molecule has 0 unspecified atom stereocenters. The van der Waals surface area contributed by atoms with Gasteiger partial charge in [-0.3, -0.25) is 0 Å². The van der Waals surface area contributed by atoms with Crippen molar-refractivity contribution in [3.05, 3.63) is 60.4 Å². The van der Waals surface area contributed by atoms with Crippen LogP contribution in [0.2, 0.25) is 0 Å². The third-order valence-electron chi connectivity index (χ3n) is 1.94. The second kappa shape index (κ2) is 2.85. The summed E-state index contributed by atoms with van der Waals surface area (Å²) in [6, 6.07) is -1.42. The zero-order valence-corrected chi connectivity index (χ0v) is 7.00. The fourth-order valence-electron chi connectivity index (χ4n) is 1.31. The Labute approximate surface area is 95.4 Å². The van der Waals surface area contributed by atoms with Crippen LogP contribution in [0.5, 0.6) is 0 Å². The van der Waals surface area contributed by atoms with Gasteiger partial charge in [0.15, 0.2) is 0 Å². The Morgan fingerprint density at radius 3 is 2.50 bits per heavy atom. The fraction of sp³-hybridized carbons (Fsp3) is 0. The Balaban J connectivity index is 2.80. The number of rotatable bonds is 0. The smallest absolute Gasteiger partial charge is 0.0616 e. The van der Waals surface area contributed by atoms with Gasteiger partial charge in [0.1, 0.15) is 0 Å². The molecular formula is C14H9. The lowest BCUT2D eigenvalue weighted by atomic mass is 10.0. The first kappa shape index (κ1) is 2.83. The molecule has 0 aliphatic heterocycles. The molecule has 1 radical (unpaired) electrons. The molecule has 0 spiro atoms. The highest BCUT2D eigenvalue weighted by molar-refractivity contribution is 6.06. The molecule has 65 valence electrons. The van der Waals surface area contributed by atoms with Crippen LogP contribution in [0, 0.1) is 6.07 Å². The lowest BCUT2D eigenvalue weighted by molar-refractivity contribution is 1.76. The van der Waals surface area contributed by atoms with Crippen LogP contribution in [0.25, 0.3) is 21.5 Å². The average molecular weight is 186 g/mol.